The molecular weight excluding hydrogens is 353 g/mol. The van der Waals surface area contributed by atoms with Gasteiger partial charge in [0.05, 0.1) is 6.54 Å². The van der Waals surface area contributed by atoms with Crippen LogP contribution in [0.25, 0.3) is 0 Å². The molecule has 0 amide bonds. The molecule has 2 N–H and O–H groups in total. The van der Waals surface area contributed by atoms with Crippen molar-refractivity contribution in [3.05, 3.63) is 0 Å². The predicted molar refractivity (Wildman–Crippen MR) is 91.2 cm³/mol. The summed E-state index contributed by atoms with van der Waals surface area (Å²) in [4.78, 5) is 11.6. The Morgan fingerprint density at radius 1 is 1.21 bits per heavy atom. The van der Waals surface area contributed by atoms with Crippen molar-refractivity contribution in [1.29, 1.82) is 0 Å². The van der Waals surface area contributed by atoms with E-state index >= 15 is 0 Å². The first-order valence-electron chi connectivity index (χ1n) is 7.18. The van der Waals surface area contributed by atoms with Gasteiger partial charge in [-0.25, -0.2) is 0 Å². The smallest absolute Gasteiger partial charge is 0.191 e. The predicted octanol–water partition coefficient (Wildman–Crippen LogP) is 0.651. The third-order valence-electron chi connectivity index (χ3n) is 4.06. The first kappa shape index (κ1) is 17.0. The van der Waals surface area contributed by atoms with Crippen molar-refractivity contribution in [2.75, 3.05) is 52.9 Å². The van der Waals surface area contributed by atoms with Crippen molar-refractivity contribution in [2.45, 2.75) is 25.8 Å². The van der Waals surface area contributed by atoms with E-state index in [1.54, 1.807) is 0 Å². The van der Waals surface area contributed by atoms with Crippen molar-refractivity contribution < 1.29 is 0 Å². The Morgan fingerprint density at radius 2 is 1.79 bits per heavy atom. The van der Waals surface area contributed by atoms with Crippen LogP contribution in [0, 0.1) is 0 Å². The molecule has 0 aromatic rings. The van der Waals surface area contributed by atoms with Crippen LogP contribution in [-0.4, -0.2) is 79.6 Å². The van der Waals surface area contributed by atoms with Crippen molar-refractivity contribution in [2.24, 2.45) is 10.7 Å². The lowest BCUT2D eigenvalue weighted by molar-refractivity contribution is 0.140. The Kier molecular flexibility index (Phi) is 7.38. The normalized spacial score (nSPS) is 22.1. The second-order valence-corrected chi connectivity index (χ2v) is 5.36. The Morgan fingerprint density at radius 3 is 2.32 bits per heavy atom. The molecule has 0 aromatic carbocycles. The fourth-order valence-electron chi connectivity index (χ4n) is 2.40. The fourth-order valence-corrected chi connectivity index (χ4v) is 2.40. The average molecular weight is 381 g/mol. The molecular formula is C13H28IN5. The molecule has 0 bridgehead atoms. The molecule has 1 aliphatic heterocycles. The Balaban J connectivity index is 0.00000180. The number of nitrogens with two attached hydrogens (primary N) is 1. The summed E-state index contributed by atoms with van der Waals surface area (Å²) in [6.07, 6.45) is 2.54. The molecule has 2 fully saturated rings. The van der Waals surface area contributed by atoms with Crippen LogP contribution in [0.1, 0.15) is 19.8 Å². The topological polar surface area (TPSA) is 48.1 Å². The third-order valence-corrected chi connectivity index (χ3v) is 4.06. The van der Waals surface area contributed by atoms with E-state index in [2.05, 4.69) is 33.7 Å². The highest BCUT2D eigenvalue weighted by Gasteiger charge is 2.27. The van der Waals surface area contributed by atoms with Crippen LogP contribution in [0.2, 0.25) is 0 Å². The monoisotopic (exact) mass is 381 g/mol. The van der Waals surface area contributed by atoms with Crippen molar-refractivity contribution >= 4 is 29.9 Å². The van der Waals surface area contributed by atoms with Gasteiger partial charge in [0.2, 0.25) is 0 Å². The number of rotatable bonds is 5. The molecule has 1 saturated carbocycles. The number of halogens is 1. The van der Waals surface area contributed by atoms with Crippen LogP contribution in [0.5, 0.6) is 0 Å². The van der Waals surface area contributed by atoms with E-state index in [-0.39, 0.29) is 24.0 Å². The molecule has 112 valence electrons. The number of hydrogen-bond acceptors (Lipinski definition) is 3. The van der Waals surface area contributed by atoms with E-state index in [4.69, 9.17) is 5.73 Å². The van der Waals surface area contributed by atoms with E-state index in [0.717, 1.165) is 13.1 Å². The SMILES string of the molecule is CCN1CCN(CCN=C(N)N(C)C2CC2)CC1.I. The van der Waals surface area contributed by atoms with Crippen molar-refractivity contribution in [3.63, 3.8) is 0 Å². The summed E-state index contributed by atoms with van der Waals surface area (Å²) in [6, 6.07) is 0.654. The quantitative estimate of drug-likeness (QED) is 0.432. The number of likely N-dealkylation sites (N-methyl/N-ethyl adjacent to an activating group) is 1. The van der Waals surface area contributed by atoms with Crippen LogP contribution in [0.4, 0.5) is 0 Å². The van der Waals surface area contributed by atoms with Gasteiger partial charge in [-0.15, -0.1) is 24.0 Å². The van der Waals surface area contributed by atoms with E-state index in [9.17, 15) is 0 Å². The minimum absolute atomic E-state index is 0. The molecule has 2 rings (SSSR count). The molecule has 19 heavy (non-hydrogen) atoms. The van der Waals surface area contributed by atoms with Crippen LogP contribution in [0.15, 0.2) is 4.99 Å². The zero-order valence-electron chi connectivity index (χ0n) is 12.2. The zero-order chi connectivity index (χ0) is 13.0. The maximum absolute atomic E-state index is 5.97. The van der Waals surface area contributed by atoms with Gasteiger partial charge in [-0.1, -0.05) is 6.92 Å². The molecule has 0 unspecified atom stereocenters. The minimum Gasteiger partial charge on any atom is -0.370 e. The number of piperazine rings is 1. The number of guanidine groups is 1. The third kappa shape index (κ3) is 5.43. The van der Waals surface area contributed by atoms with Gasteiger partial charge in [0.15, 0.2) is 5.96 Å². The van der Waals surface area contributed by atoms with Crippen LogP contribution in [0.3, 0.4) is 0 Å². The van der Waals surface area contributed by atoms with Gasteiger partial charge in [0.1, 0.15) is 0 Å². The van der Waals surface area contributed by atoms with E-state index < -0.39 is 0 Å². The molecule has 5 nitrogen and oxygen atoms in total. The Labute approximate surface area is 134 Å². The van der Waals surface area contributed by atoms with Crippen LogP contribution >= 0.6 is 24.0 Å². The lowest BCUT2D eigenvalue weighted by Gasteiger charge is -2.33. The minimum atomic E-state index is 0. The van der Waals surface area contributed by atoms with Crippen LogP contribution < -0.4 is 5.73 Å². The number of nitrogens with zero attached hydrogens (tertiary/aromatic N) is 4. The van der Waals surface area contributed by atoms with Gasteiger partial charge < -0.3 is 15.5 Å². The summed E-state index contributed by atoms with van der Waals surface area (Å²) in [7, 11) is 2.05. The van der Waals surface area contributed by atoms with Crippen molar-refractivity contribution in [1.82, 2.24) is 14.7 Å². The summed E-state index contributed by atoms with van der Waals surface area (Å²) in [6.45, 7) is 9.99. The molecule has 0 radical (unpaired) electrons. The maximum atomic E-state index is 5.97. The summed E-state index contributed by atoms with van der Waals surface area (Å²) in [5.41, 5.74) is 5.97. The van der Waals surface area contributed by atoms with Crippen LogP contribution in [-0.2, 0) is 0 Å². The summed E-state index contributed by atoms with van der Waals surface area (Å²) in [5.74, 6) is 0.713. The summed E-state index contributed by atoms with van der Waals surface area (Å²) >= 11 is 0. The standard InChI is InChI=1S/C13H27N5.HI/c1-3-17-8-10-18(11-9-17)7-6-15-13(14)16(2)12-4-5-12;/h12H,3-11H2,1-2H3,(H2,14,15);1H. The molecule has 0 spiro atoms. The molecule has 1 aliphatic carbocycles. The highest BCUT2D eigenvalue weighted by Crippen LogP contribution is 2.24. The Hall–Kier alpha value is -0.0800. The molecule has 0 aromatic heterocycles. The second kappa shape index (κ2) is 8.26. The van der Waals surface area contributed by atoms with Gasteiger partial charge >= 0.3 is 0 Å². The molecule has 2 aliphatic rings. The van der Waals surface area contributed by atoms with Gasteiger partial charge in [0.25, 0.3) is 0 Å². The highest BCUT2D eigenvalue weighted by atomic mass is 127. The second-order valence-electron chi connectivity index (χ2n) is 5.36. The van der Waals surface area contributed by atoms with Gasteiger partial charge in [-0.2, -0.15) is 0 Å². The number of aliphatic imine (C=N–C) groups is 1. The Bertz CT molecular complexity index is 285. The maximum Gasteiger partial charge on any atom is 0.191 e. The largest absolute Gasteiger partial charge is 0.370 e. The summed E-state index contributed by atoms with van der Waals surface area (Å²) in [5, 5.41) is 0. The molecule has 1 heterocycles. The first-order valence-corrected chi connectivity index (χ1v) is 7.18. The lowest BCUT2D eigenvalue weighted by Crippen LogP contribution is -2.47. The average Bonchev–Trinajstić information content (AvgIpc) is 3.23. The zero-order valence-corrected chi connectivity index (χ0v) is 14.5. The number of hydrogen-bond donors (Lipinski definition) is 1. The van der Waals surface area contributed by atoms with Crippen molar-refractivity contribution in [3.8, 4) is 0 Å². The van der Waals surface area contributed by atoms with E-state index in [1.165, 1.54) is 45.6 Å². The summed E-state index contributed by atoms with van der Waals surface area (Å²) < 4.78 is 0. The fraction of sp³-hybridized carbons (Fsp3) is 0.923. The lowest BCUT2D eigenvalue weighted by atomic mass is 10.3. The molecule has 0 atom stereocenters. The van der Waals surface area contributed by atoms with Gasteiger partial charge in [-0.05, 0) is 19.4 Å². The van der Waals surface area contributed by atoms with Gasteiger partial charge in [-0.3, -0.25) is 9.89 Å². The van der Waals surface area contributed by atoms with Gasteiger partial charge in [0, 0.05) is 45.8 Å². The first-order chi connectivity index (χ1) is 8.70. The highest BCUT2D eigenvalue weighted by molar-refractivity contribution is 14.0. The van der Waals surface area contributed by atoms with E-state index in [0.29, 0.717) is 12.0 Å². The van der Waals surface area contributed by atoms with E-state index in [1.807, 2.05) is 0 Å². The molecule has 1 saturated heterocycles. The molecule has 6 heteroatoms.